The van der Waals surface area contributed by atoms with Gasteiger partial charge in [0.2, 0.25) is 5.91 Å². The molecule has 0 saturated carbocycles. The Labute approximate surface area is 162 Å². The molecule has 27 heavy (non-hydrogen) atoms. The third kappa shape index (κ3) is 2.95. The van der Waals surface area contributed by atoms with E-state index in [0.29, 0.717) is 28.5 Å². The van der Waals surface area contributed by atoms with E-state index >= 15 is 0 Å². The third-order valence-corrected chi connectivity index (χ3v) is 7.45. The van der Waals surface area contributed by atoms with Crippen molar-refractivity contribution in [3.8, 4) is 11.5 Å². The topological polar surface area (TPSA) is 81.7 Å². The van der Waals surface area contributed by atoms with Crippen molar-refractivity contribution in [3.63, 3.8) is 0 Å². The maximum Gasteiger partial charge on any atom is 0.242 e. The van der Waals surface area contributed by atoms with Gasteiger partial charge in [-0.3, -0.25) is 4.79 Å². The average Bonchev–Trinajstić information content (AvgIpc) is 2.60. The molecule has 2 aromatic carbocycles. The Hall–Kier alpha value is -2.25. The summed E-state index contributed by atoms with van der Waals surface area (Å²) in [5, 5.41) is 1.91. The molecule has 0 spiro atoms. The summed E-state index contributed by atoms with van der Waals surface area (Å²) in [7, 11) is -2.38. The number of carbonyl (C=O) groups excluding carboxylic acids is 1. The van der Waals surface area contributed by atoms with Gasteiger partial charge in [0.1, 0.15) is 11.5 Å². The van der Waals surface area contributed by atoms with Gasteiger partial charge in [0.25, 0.3) is 0 Å². The summed E-state index contributed by atoms with van der Waals surface area (Å²) in [6.45, 7) is 1.74. The molecule has 1 saturated heterocycles. The fraction of sp³-hybridized carbons (Fsp3) is 0.316. The number of methoxy groups -OCH3 is 1. The molecule has 4 rings (SSSR count). The Kier molecular flexibility index (Phi) is 4.12. The second-order valence-electron chi connectivity index (χ2n) is 6.96. The van der Waals surface area contributed by atoms with Crippen LogP contribution in [0.25, 0.3) is 0 Å². The summed E-state index contributed by atoms with van der Waals surface area (Å²) in [5.74, 6) is 0.0226. The van der Waals surface area contributed by atoms with Crippen molar-refractivity contribution in [1.29, 1.82) is 0 Å². The predicted molar refractivity (Wildman–Crippen MR) is 100.0 cm³/mol. The van der Waals surface area contributed by atoms with Crippen LogP contribution < -0.4 is 14.8 Å². The Morgan fingerprint density at radius 3 is 2.59 bits per heavy atom. The first-order chi connectivity index (χ1) is 12.7. The predicted octanol–water partition coefficient (Wildman–Crippen LogP) is 2.90. The molecule has 8 heteroatoms. The van der Waals surface area contributed by atoms with Crippen LogP contribution >= 0.6 is 11.6 Å². The molecule has 142 valence electrons. The molecular weight excluding hydrogens is 390 g/mol. The number of amides is 1. The first kappa shape index (κ1) is 18.1. The van der Waals surface area contributed by atoms with Crippen LogP contribution in [0, 0.1) is 0 Å². The lowest BCUT2D eigenvalue weighted by molar-refractivity contribution is -0.132. The maximum absolute atomic E-state index is 13.3. The SMILES string of the molecule is COc1ccc2c(c1)O[C@@]1(C)C[C@H]2[C@H](S(=O)(=O)c2ccc(Cl)cc2)C(=O)N1. The molecule has 6 nitrogen and oxygen atoms in total. The number of carbonyl (C=O) groups is 1. The van der Waals surface area contributed by atoms with Crippen molar-refractivity contribution in [2.45, 2.75) is 35.1 Å². The van der Waals surface area contributed by atoms with Gasteiger partial charge in [0.15, 0.2) is 20.8 Å². The summed E-state index contributed by atoms with van der Waals surface area (Å²) in [4.78, 5) is 12.9. The van der Waals surface area contributed by atoms with Crippen molar-refractivity contribution in [2.24, 2.45) is 0 Å². The smallest absolute Gasteiger partial charge is 0.242 e. The lowest BCUT2D eigenvalue weighted by Crippen LogP contribution is -2.63. The molecule has 2 aliphatic heterocycles. The van der Waals surface area contributed by atoms with E-state index in [1.165, 1.54) is 24.3 Å². The normalized spacial score (nSPS) is 26.6. The van der Waals surface area contributed by atoms with Gasteiger partial charge < -0.3 is 14.8 Å². The van der Waals surface area contributed by atoms with Crippen molar-refractivity contribution >= 4 is 27.3 Å². The highest BCUT2D eigenvalue weighted by Crippen LogP contribution is 2.48. The fourth-order valence-corrected chi connectivity index (χ4v) is 5.79. The second kappa shape index (κ2) is 6.14. The lowest BCUT2D eigenvalue weighted by Gasteiger charge is -2.46. The van der Waals surface area contributed by atoms with Gasteiger partial charge >= 0.3 is 0 Å². The summed E-state index contributed by atoms with van der Waals surface area (Å²) in [6.07, 6.45) is 0.357. The Morgan fingerprint density at radius 2 is 1.93 bits per heavy atom. The molecule has 2 aromatic rings. The largest absolute Gasteiger partial charge is 0.497 e. The monoisotopic (exact) mass is 407 g/mol. The quantitative estimate of drug-likeness (QED) is 0.846. The van der Waals surface area contributed by atoms with Gasteiger partial charge in [-0.25, -0.2) is 8.42 Å². The fourth-order valence-electron chi connectivity index (χ4n) is 3.84. The lowest BCUT2D eigenvalue weighted by atomic mass is 9.81. The minimum absolute atomic E-state index is 0.0669. The molecule has 3 atom stereocenters. The van der Waals surface area contributed by atoms with Crippen LogP contribution in [-0.2, 0) is 14.6 Å². The molecule has 0 unspecified atom stereocenters. The van der Waals surface area contributed by atoms with E-state index < -0.39 is 32.6 Å². The molecule has 1 N–H and O–H groups in total. The standard InChI is InChI=1S/C19H18ClNO5S/c1-19-10-15(14-8-5-12(25-2)9-16(14)26-19)17(18(22)21-19)27(23,24)13-6-3-11(20)4-7-13/h3-9,15,17H,10H2,1-2H3,(H,21,22)/t15-,17+,19+/m1/s1. The summed E-state index contributed by atoms with van der Waals surface area (Å²) < 4.78 is 37.7. The Bertz CT molecular complexity index is 1020. The average molecular weight is 408 g/mol. The molecule has 2 heterocycles. The molecule has 0 radical (unpaired) electrons. The van der Waals surface area contributed by atoms with E-state index in [4.69, 9.17) is 21.1 Å². The molecular formula is C19H18ClNO5S. The highest BCUT2D eigenvalue weighted by molar-refractivity contribution is 7.92. The van der Waals surface area contributed by atoms with E-state index in [2.05, 4.69) is 5.32 Å². The zero-order chi connectivity index (χ0) is 19.4. The number of nitrogens with one attached hydrogen (secondary N) is 1. The molecule has 2 aliphatic rings. The Balaban J connectivity index is 1.84. The second-order valence-corrected chi connectivity index (χ2v) is 9.46. The van der Waals surface area contributed by atoms with E-state index in [9.17, 15) is 13.2 Å². The van der Waals surface area contributed by atoms with Gasteiger partial charge in [0, 0.05) is 23.4 Å². The van der Waals surface area contributed by atoms with Gasteiger partial charge in [0.05, 0.1) is 12.0 Å². The summed E-state index contributed by atoms with van der Waals surface area (Å²) >= 11 is 5.87. The van der Waals surface area contributed by atoms with Crippen LogP contribution in [0.15, 0.2) is 47.4 Å². The van der Waals surface area contributed by atoms with E-state index in [1.807, 2.05) is 0 Å². The van der Waals surface area contributed by atoms with Crippen molar-refractivity contribution in [1.82, 2.24) is 5.32 Å². The molecule has 1 amide bonds. The van der Waals surface area contributed by atoms with Crippen molar-refractivity contribution < 1.29 is 22.7 Å². The first-order valence-corrected chi connectivity index (χ1v) is 10.3. The van der Waals surface area contributed by atoms with E-state index in [-0.39, 0.29) is 4.90 Å². The summed E-state index contributed by atoms with van der Waals surface area (Å²) in [6, 6.07) is 11.1. The molecule has 0 aromatic heterocycles. The number of piperidine rings is 1. The van der Waals surface area contributed by atoms with Crippen LogP contribution in [0.4, 0.5) is 0 Å². The Morgan fingerprint density at radius 1 is 1.22 bits per heavy atom. The van der Waals surface area contributed by atoms with Gasteiger partial charge in [-0.05, 0) is 42.8 Å². The zero-order valence-corrected chi connectivity index (χ0v) is 16.3. The highest BCUT2D eigenvalue weighted by atomic mass is 35.5. The van der Waals surface area contributed by atoms with Crippen LogP contribution in [0.1, 0.15) is 24.8 Å². The third-order valence-electron chi connectivity index (χ3n) is 5.05. The zero-order valence-electron chi connectivity index (χ0n) is 14.7. The number of sulfone groups is 1. The van der Waals surface area contributed by atoms with Crippen LogP contribution in [0.3, 0.4) is 0 Å². The number of hydrogen-bond acceptors (Lipinski definition) is 5. The highest BCUT2D eigenvalue weighted by Gasteiger charge is 2.54. The van der Waals surface area contributed by atoms with Crippen molar-refractivity contribution in [3.05, 3.63) is 53.1 Å². The van der Waals surface area contributed by atoms with Gasteiger partial charge in [-0.15, -0.1) is 0 Å². The molecule has 2 bridgehead atoms. The number of benzene rings is 2. The molecule has 0 aliphatic carbocycles. The first-order valence-electron chi connectivity index (χ1n) is 8.42. The minimum Gasteiger partial charge on any atom is -0.497 e. The van der Waals surface area contributed by atoms with Crippen molar-refractivity contribution in [2.75, 3.05) is 7.11 Å². The number of rotatable bonds is 3. The maximum atomic E-state index is 13.3. The summed E-state index contributed by atoms with van der Waals surface area (Å²) in [5.41, 5.74) is -0.279. The number of halogens is 1. The number of fused-ring (bicyclic) bond motifs is 4. The van der Waals surface area contributed by atoms with E-state index in [1.54, 1.807) is 32.2 Å². The van der Waals surface area contributed by atoms with Crippen LogP contribution in [-0.4, -0.2) is 32.4 Å². The number of hydrogen-bond donors (Lipinski definition) is 1. The number of ether oxygens (including phenoxy) is 2. The molecule has 1 fully saturated rings. The minimum atomic E-state index is -3.92. The van der Waals surface area contributed by atoms with Gasteiger partial charge in [-0.2, -0.15) is 0 Å². The van der Waals surface area contributed by atoms with Crippen LogP contribution in [0.2, 0.25) is 5.02 Å². The van der Waals surface area contributed by atoms with Gasteiger partial charge in [-0.1, -0.05) is 17.7 Å². The van der Waals surface area contributed by atoms with E-state index in [0.717, 1.165) is 0 Å². The van der Waals surface area contributed by atoms with Crippen LogP contribution in [0.5, 0.6) is 11.5 Å².